The van der Waals surface area contributed by atoms with E-state index in [2.05, 4.69) is 20.4 Å². The molecule has 0 spiro atoms. The zero-order valence-corrected chi connectivity index (χ0v) is 14.5. The quantitative estimate of drug-likeness (QED) is 0.462. The number of Topliss-reactive ketones (excluding diaryl/α,β-unsaturated/α-hetero) is 1. The summed E-state index contributed by atoms with van der Waals surface area (Å²) < 4.78 is 6.08. The van der Waals surface area contributed by atoms with Gasteiger partial charge in [-0.2, -0.15) is 0 Å². The van der Waals surface area contributed by atoms with Gasteiger partial charge in [-0.3, -0.25) is 4.79 Å². The van der Waals surface area contributed by atoms with Gasteiger partial charge in [0.1, 0.15) is 6.10 Å². The lowest BCUT2D eigenvalue weighted by Gasteiger charge is -2.25. The fourth-order valence-electron chi connectivity index (χ4n) is 2.81. The molecule has 2 rings (SSSR count). The van der Waals surface area contributed by atoms with Crippen LogP contribution in [0.1, 0.15) is 36.2 Å². The zero-order chi connectivity index (χ0) is 17.4. The Morgan fingerprint density at radius 2 is 1.62 bits per heavy atom. The Morgan fingerprint density at radius 1 is 1.04 bits per heavy atom. The Kier molecular flexibility index (Phi) is 6.95. The van der Waals surface area contributed by atoms with Crippen LogP contribution in [0, 0.1) is 11.8 Å². The molecule has 126 valence electrons. The third kappa shape index (κ3) is 5.17. The highest BCUT2D eigenvalue weighted by atomic mass is 16.5. The summed E-state index contributed by atoms with van der Waals surface area (Å²) in [5.74, 6) is 0.498. The molecular weight excluding hydrogens is 296 g/mol. The van der Waals surface area contributed by atoms with Crippen LogP contribution in [0.4, 0.5) is 0 Å². The van der Waals surface area contributed by atoms with Crippen LogP contribution < -0.4 is 0 Å². The highest BCUT2D eigenvalue weighted by Gasteiger charge is 2.28. The number of hydrogen-bond donors (Lipinski definition) is 0. The van der Waals surface area contributed by atoms with Gasteiger partial charge in [0, 0.05) is 11.5 Å². The monoisotopic (exact) mass is 322 g/mol. The van der Waals surface area contributed by atoms with E-state index in [0.717, 1.165) is 12.0 Å². The van der Waals surface area contributed by atoms with Crippen LogP contribution >= 0.6 is 0 Å². The zero-order valence-electron chi connectivity index (χ0n) is 14.5. The molecule has 0 heterocycles. The van der Waals surface area contributed by atoms with Crippen molar-refractivity contribution in [2.45, 2.75) is 33.0 Å². The highest BCUT2D eigenvalue weighted by Crippen LogP contribution is 2.23. The van der Waals surface area contributed by atoms with Crippen molar-refractivity contribution in [1.29, 1.82) is 0 Å². The van der Waals surface area contributed by atoms with Crippen molar-refractivity contribution in [1.82, 2.24) is 0 Å². The average molecular weight is 322 g/mol. The van der Waals surface area contributed by atoms with Crippen LogP contribution in [0.5, 0.6) is 0 Å². The number of hydrogen-bond acceptors (Lipinski definition) is 2. The van der Waals surface area contributed by atoms with E-state index in [0.29, 0.717) is 18.1 Å². The lowest BCUT2D eigenvalue weighted by atomic mass is 9.88. The first kappa shape index (κ1) is 18.2. The minimum atomic E-state index is -0.507. The van der Waals surface area contributed by atoms with E-state index in [4.69, 9.17) is 4.74 Å². The summed E-state index contributed by atoms with van der Waals surface area (Å²) in [5, 5.41) is 0. The topological polar surface area (TPSA) is 26.3 Å². The molecule has 0 saturated carbocycles. The predicted molar refractivity (Wildman–Crippen MR) is 98.9 cm³/mol. The maximum Gasteiger partial charge on any atom is 0.192 e. The summed E-state index contributed by atoms with van der Waals surface area (Å²) in [5.41, 5.74) is 1.75. The van der Waals surface area contributed by atoms with Gasteiger partial charge >= 0.3 is 0 Å². The molecule has 2 heteroatoms. The van der Waals surface area contributed by atoms with Gasteiger partial charge in [0.05, 0.1) is 6.61 Å². The van der Waals surface area contributed by atoms with E-state index in [1.165, 1.54) is 0 Å². The molecule has 0 aliphatic carbocycles. The third-order valence-corrected chi connectivity index (χ3v) is 4.02. The lowest BCUT2D eigenvalue weighted by Crippen LogP contribution is -2.32. The van der Waals surface area contributed by atoms with E-state index in [1.807, 2.05) is 66.7 Å². The van der Waals surface area contributed by atoms with E-state index in [9.17, 15) is 4.79 Å². The first-order chi connectivity index (χ1) is 11.6. The number of carbonyl (C=O) groups excluding carboxylic acids is 1. The summed E-state index contributed by atoms with van der Waals surface area (Å²) in [7, 11) is 0. The van der Waals surface area contributed by atoms with Gasteiger partial charge in [0.25, 0.3) is 0 Å². The van der Waals surface area contributed by atoms with Crippen molar-refractivity contribution in [3.05, 3.63) is 84.4 Å². The molecule has 2 aromatic rings. The second kappa shape index (κ2) is 9.19. The van der Waals surface area contributed by atoms with Crippen LogP contribution in [0.3, 0.4) is 0 Å². The first-order valence-electron chi connectivity index (χ1n) is 8.49. The SMILES string of the molecule is C=C[C@H](CC(C)C)[C@H](OCc1ccccc1)C(=O)c1ccccc1. The number of rotatable bonds is 9. The van der Waals surface area contributed by atoms with Crippen LogP contribution in [0.2, 0.25) is 0 Å². The normalized spacial score (nSPS) is 13.5. The van der Waals surface area contributed by atoms with Crippen LogP contribution in [-0.4, -0.2) is 11.9 Å². The molecule has 24 heavy (non-hydrogen) atoms. The Morgan fingerprint density at radius 3 is 2.17 bits per heavy atom. The summed E-state index contributed by atoms with van der Waals surface area (Å²) in [6, 6.07) is 19.3. The van der Waals surface area contributed by atoms with Crippen molar-refractivity contribution in [2.24, 2.45) is 11.8 Å². The van der Waals surface area contributed by atoms with E-state index in [1.54, 1.807) is 0 Å². The second-order valence-corrected chi connectivity index (χ2v) is 6.48. The van der Waals surface area contributed by atoms with Gasteiger partial charge in [-0.05, 0) is 17.9 Å². The van der Waals surface area contributed by atoms with Crippen molar-refractivity contribution in [2.75, 3.05) is 0 Å². The van der Waals surface area contributed by atoms with Crippen molar-refractivity contribution in [3.63, 3.8) is 0 Å². The number of carbonyl (C=O) groups is 1. The smallest absolute Gasteiger partial charge is 0.192 e. The minimum absolute atomic E-state index is 0.00131. The Balaban J connectivity index is 2.19. The molecule has 0 amide bonds. The first-order valence-corrected chi connectivity index (χ1v) is 8.49. The van der Waals surface area contributed by atoms with Crippen molar-refractivity contribution >= 4 is 5.78 Å². The van der Waals surface area contributed by atoms with Gasteiger partial charge < -0.3 is 4.74 Å². The molecule has 0 aromatic heterocycles. The fourth-order valence-corrected chi connectivity index (χ4v) is 2.81. The van der Waals surface area contributed by atoms with Gasteiger partial charge in [0.2, 0.25) is 0 Å². The van der Waals surface area contributed by atoms with Gasteiger partial charge in [-0.25, -0.2) is 0 Å². The minimum Gasteiger partial charge on any atom is -0.365 e. The molecular formula is C22H26O2. The number of benzene rings is 2. The van der Waals surface area contributed by atoms with Gasteiger partial charge in [-0.15, -0.1) is 6.58 Å². The maximum absolute atomic E-state index is 13.0. The molecule has 0 radical (unpaired) electrons. The maximum atomic E-state index is 13.0. The fraction of sp³-hybridized carbons (Fsp3) is 0.318. The molecule has 0 N–H and O–H groups in total. The van der Waals surface area contributed by atoms with Gasteiger partial charge in [0.15, 0.2) is 5.78 Å². The Labute approximate surface area is 145 Å². The molecule has 0 aliphatic heterocycles. The molecule has 0 fully saturated rings. The van der Waals surface area contributed by atoms with Crippen LogP contribution in [0.25, 0.3) is 0 Å². The summed E-state index contributed by atoms with van der Waals surface area (Å²) in [6.07, 6.45) is 2.23. The van der Waals surface area contributed by atoms with Crippen LogP contribution in [0.15, 0.2) is 73.3 Å². The molecule has 0 bridgehead atoms. The Bertz CT molecular complexity index is 632. The molecule has 2 nitrogen and oxygen atoms in total. The highest BCUT2D eigenvalue weighted by molar-refractivity contribution is 5.99. The van der Waals surface area contributed by atoms with Crippen molar-refractivity contribution < 1.29 is 9.53 Å². The molecule has 2 atom stereocenters. The number of ether oxygens (including phenoxy) is 1. The largest absolute Gasteiger partial charge is 0.365 e. The van der Waals surface area contributed by atoms with Crippen LogP contribution in [-0.2, 0) is 11.3 Å². The summed E-state index contributed by atoms with van der Waals surface area (Å²) >= 11 is 0. The standard InChI is InChI=1S/C22H26O2/c1-4-19(15-17(2)3)22(21(23)20-13-9-6-10-14-20)24-16-18-11-7-5-8-12-18/h4-14,17,19,22H,1,15-16H2,2-3H3/t19-,22+/m1/s1. The molecule has 0 aliphatic rings. The molecule has 0 saturated heterocycles. The van der Waals surface area contributed by atoms with Crippen molar-refractivity contribution in [3.8, 4) is 0 Å². The Hall–Kier alpha value is -2.19. The predicted octanol–water partition coefficient (Wildman–Crippen LogP) is 5.30. The lowest BCUT2D eigenvalue weighted by molar-refractivity contribution is 0.0135. The second-order valence-electron chi connectivity index (χ2n) is 6.48. The third-order valence-electron chi connectivity index (χ3n) is 4.02. The average Bonchev–Trinajstić information content (AvgIpc) is 2.62. The van der Waals surface area contributed by atoms with E-state index in [-0.39, 0.29) is 11.7 Å². The summed E-state index contributed by atoms with van der Waals surface area (Å²) in [6.45, 7) is 8.66. The molecule has 2 aromatic carbocycles. The van der Waals surface area contributed by atoms with Gasteiger partial charge in [-0.1, -0.05) is 80.6 Å². The summed E-state index contributed by atoms with van der Waals surface area (Å²) in [4.78, 5) is 13.0. The molecule has 0 unspecified atom stereocenters. The number of ketones is 1. The van der Waals surface area contributed by atoms with E-state index >= 15 is 0 Å². The van der Waals surface area contributed by atoms with E-state index < -0.39 is 6.10 Å².